The van der Waals surface area contributed by atoms with Crippen molar-refractivity contribution in [2.75, 3.05) is 0 Å². The molecule has 0 fully saturated rings. The van der Waals surface area contributed by atoms with Crippen LogP contribution in [0.25, 0.3) is 0 Å². The SMILES string of the molecule is CC(C)C(N)C(N)c1ccc(Br)cc1. The molecule has 0 radical (unpaired) electrons. The first-order valence-corrected chi connectivity index (χ1v) is 5.58. The van der Waals surface area contributed by atoms with Gasteiger partial charge in [-0.2, -0.15) is 0 Å². The van der Waals surface area contributed by atoms with Gasteiger partial charge in [-0.25, -0.2) is 0 Å². The molecule has 3 heteroatoms. The van der Waals surface area contributed by atoms with E-state index in [0.29, 0.717) is 5.92 Å². The molecule has 0 aromatic heterocycles. The van der Waals surface area contributed by atoms with E-state index in [4.69, 9.17) is 11.5 Å². The molecule has 0 aliphatic carbocycles. The van der Waals surface area contributed by atoms with E-state index in [9.17, 15) is 0 Å². The van der Waals surface area contributed by atoms with Gasteiger partial charge in [-0.05, 0) is 23.6 Å². The number of nitrogens with two attached hydrogens (primary N) is 2. The second-order valence-corrected chi connectivity index (χ2v) is 4.81. The van der Waals surface area contributed by atoms with E-state index < -0.39 is 0 Å². The molecule has 1 rings (SSSR count). The predicted octanol–water partition coefficient (Wildman–Crippen LogP) is 2.43. The average molecular weight is 257 g/mol. The van der Waals surface area contributed by atoms with Gasteiger partial charge in [0.1, 0.15) is 0 Å². The first-order chi connectivity index (χ1) is 6.52. The van der Waals surface area contributed by atoms with Gasteiger partial charge in [-0.15, -0.1) is 0 Å². The largest absolute Gasteiger partial charge is 0.326 e. The van der Waals surface area contributed by atoms with Crippen LogP contribution < -0.4 is 11.5 Å². The second kappa shape index (κ2) is 4.91. The van der Waals surface area contributed by atoms with Crippen LogP contribution in [0, 0.1) is 5.92 Å². The fraction of sp³-hybridized carbons (Fsp3) is 0.455. The molecule has 78 valence electrons. The first-order valence-electron chi connectivity index (χ1n) is 4.79. The van der Waals surface area contributed by atoms with Crippen molar-refractivity contribution in [1.82, 2.24) is 0 Å². The van der Waals surface area contributed by atoms with Crippen LogP contribution in [0.3, 0.4) is 0 Å². The Morgan fingerprint density at radius 1 is 1.07 bits per heavy atom. The summed E-state index contributed by atoms with van der Waals surface area (Å²) in [5.74, 6) is 0.397. The monoisotopic (exact) mass is 256 g/mol. The van der Waals surface area contributed by atoms with Crippen LogP contribution in [0.1, 0.15) is 25.5 Å². The number of halogens is 1. The Labute approximate surface area is 93.8 Å². The van der Waals surface area contributed by atoms with Crippen molar-refractivity contribution in [2.45, 2.75) is 25.9 Å². The predicted molar refractivity (Wildman–Crippen MR) is 63.9 cm³/mol. The minimum absolute atomic E-state index is 0.0103. The quantitative estimate of drug-likeness (QED) is 0.873. The third-order valence-electron chi connectivity index (χ3n) is 2.44. The molecule has 14 heavy (non-hydrogen) atoms. The van der Waals surface area contributed by atoms with Crippen LogP contribution in [0.2, 0.25) is 0 Å². The molecule has 2 unspecified atom stereocenters. The summed E-state index contributed by atoms with van der Waals surface area (Å²) in [7, 11) is 0. The van der Waals surface area contributed by atoms with E-state index in [2.05, 4.69) is 29.8 Å². The standard InChI is InChI=1S/C11H17BrN2/c1-7(2)10(13)11(14)8-3-5-9(12)6-4-8/h3-7,10-11H,13-14H2,1-2H3. The zero-order valence-electron chi connectivity index (χ0n) is 8.57. The molecule has 2 atom stereocenters. The van der Waals surface area contributed by atoms with Gasteiger partial charge in [-0.1, -0.05) is 41.9 Å². The molecule has 1 aromatic rings. The van der Waals surface area contributed by atoms with E-state index in [0.717, 1.165) is 10.0 Å². The smallest absolute Gasteiger partial charge is 0.0451 e. The number of hydrogen-bond donors (Lipinski definition) is 2. The van der Waals surface area contributed by atoms with Gasteiger partial charge < -0.3 is 11.5 Å². The molecule has 0 aliphatic rings. The summed E-state index contributed by atoms with van der Waals surface area (Å²) >= 11 is 3.39. The maximum atomic E-state index is 6.05. The van der Waals surface area contributed by atoms with Gasteiger partial charge in [0.25, 0.3) is 0 Å². The zero-order valence-corrected chi connectivity index (χ0v) is 10.2. The Bertz CT molecular complexity index is 282. The van der Waals surface area contributed by atoms with Crippen molar-refractivity contribution < 1.29 is 0 Å². The molecule has 0 amide bonds. The van der Waals surface area contributed by atoms with Crippen molar-refractivity contribution in [3.63, 3.8) is 0 Å². The Hall–Kier alpha value is -0.380. The summed E-state index contributed by atoms with van der Waals surface area (Å²) in [4.78, 5) is 0. The molecular weight excluding hydrogens is 240 g/mol. The van der Waals surface area contributed by atoms with Crippen LogP contribution in [0.4, 0.5) is 0 Å². The normalized spacial score (nSPS) is 15.6. The minimum atomic E-state index is -0.0805. The van der Waals surface area contributed by atoms with Gasteiger partial charge >= 0.3 is 0 Å². The third-order valence-corrected chi connectivity index (χ3v) is 2.97. The van der Waals surface area contributed by atoms with E-state index in [1.54, 1.807) is 0 Å². The number of benzene rings is 1. The van der Waals surface area contributed by atoms with E-state index in [1.165, 1.54) is 0 Å². The zero-order chi connectivity index (χ0) is 10.7. The third kappa shape index (κ3) is 2.80. The molecule has 2 nitrogen and oxygen atoms in total. The fourth-order valence-electron chi connectivity index (χ4n) is 1.32. The van der Waals surface area contributed by atoms with Gasteiger partial charge in [0.15, 0.2) is 0 Å². The highest BCUT2D eigenvalue weighted by Crippen LogP contribution is 2.19. The molecule has 0 spiro atoms. The average Bonchev–Trinajstić information content (AvgIpc) is 2.16. The van der Waals surface area contributed by atoms with Crippen molar-refractivity contribution in [3.05, 3.63) is 34.3 Å². The van der Waals surface area contributed by atoms with E-state index >= 15 is 0 Å². The maximum absolute atomic E-state index is 6.05. The molecular formula is C11H17BrN2. The van der Waals surface area contributed by atoms with Gasteiger partial charge in [0.05, 0.1) is 0 Å². The Kier molecular flexibility index (Phi) is 4.11. The lowest BCUT2D eigenvalue weighted by Gasteiger charge is -2.23. The summed E-state index contributed by atoms with van der Waals surface area (Å²) in [6.45, 7) is 4.17. The topological polar surface area (TPSA) is 52.0 Å². The number of rotatable bonds is 3. The van der Waals surface area contributed by atoms with Crippen LogP contribution in [-0.4, -0.2) is 6.04 Å². The van der Waals surface area contributed by atoms with Crippen LogP contribution >= 0.6 is 15.9 Å². The highest BCUT2D eigenvalue weighted by Gasteiger charge is 2.17. The minimum Gasteiger partial charge on any atom is -0.326 e. The summed E-state index contributed by atoms with van der Waals surface area (Å²) in [5, 5.41) is 0. The van der Waals surface area contributed by atoms with Gasteiger partial charge in [0, 0.05) is 16.6 Å². The van der Waals surface area contributed by atoms with Crippen LogP contribution in [-0.2, 0) is 0 Å². The summed E-state index contributed by atoms with van der Waals surface area (Å²) in [5.41, 5.74) is 13.1. The molecule has 0 heterocycles. The highest BCUT2D eigenvalue weighted by atomic mass is 79.9. The second-order valence-electron chi connectivity index (χ2n) is 3.90. The molecule has 0 saturated heterocycles. The van der Waals surface area contributed by atoms with E-state index in [1.807, 2.05) is 24.3 Å². The Morgan fingerprint density at radius 2 is 1.57 bits per heavy atom. The molecule has 0 saturated carbocycles. The van der Waals surface area contributed by atoms with Crippen molar-refractivity contribution in [1.29, 1.82) is 0 Å². The molecule has 1 aromatic carbocycles. The summed E-state index contributed by atoms with van der Waals surface area (Å²) < 4.78 is 1.06. The van der Waals surface area contributed by atoms with Gasteiger partial charge in [-0.3, -0.25) is 0 Å². The van der Waals surface area contributed by atoms with Crippen molar-refractivity contribution >= 4 is 15.9 Å². The maximum Gasteiger partial charge on any atom is 0.0451 e. The molecule has 4 N–H and O–H groups in total. The lowest BCUT2D eigenvalue weighted by atomic mass is 9.93. The Morgan fingerprint density at radius 3 is 2.00 bits per heavy atom. The van der Waals surface area contributed by atoms with Crippen molar-refractivity contribution in [2.24, 2.45) is 17.4 Å². The molecule has 0 bridgehead atoms. The van der Waals surface area contributed by atoms with Crippen molar-refractivity contribution in [3.8, 4) is 0 Å². The Balaban J connectivity index is 2.78. The highest BCUT2D eigenvalue weighted by molar-refractivity contribution is 9.10. The van der Waals surface area contributed by atoms with Gasteiger partial charge in [0.2, 0.25) is 0 Å². The summed E-state index contributed by atoms with van der Waals surface area (Å²) in [6, 6.07) is 7.93. The molecule has 0 aliphatic heterocycles. The first kappa shape index (κ1) is 11.7. The fourth-order valence-corrected chi connectivity index (χ4v) is 1.59. The number of hydrogen-bond acceptors (Lipinski definition) is 2. The van der Waals surface area contributed by atoms with Crippen LogP contribution in [0.15, 0.2) is 28.7 Å². The lowest BCUT2D eigenvalue weighted by molar-refractivity contribution is 0.423. The van der Waals surface area contributed by atoms with E-state index in [-0.39, 0.29) is 12.1 Å². The van der Waals surface area contributed by atoms with Crippen LogP contribution in [0.5, 0.6) is 0 Å². The lowest BCUT2D eigenvalue weighted by Crippen LogP contribution is -2.38. The summed E-state index contributed by atoms with van der Waals surface area (Å²) in [6.07, 6.45) is 0.